The number of hydrogen-bond donors (Lipinski definition) is 1. The Labute approximate surface area is 200 Å². The van der Waals surface area contributed by atoms with Gasteiger partial charge in [0.1, 0.15) is 6.54 Å². The van der Waals surface area contributed by atoms with Gasteiger partial charge in [-0.2, -0.15) is 0 Å². The summed E-state index contributed by atoms with van der Waals surface area (Å²) in [5.41, 5.74) is 1.76. The van der Waals surface area contributed by atoms with Crippen LogP contribution in [0, 0.1) is 10.5 Å². The topological polar surface area (TPSA) is 92.8 Å². The number of halogens is 1. The lowest BCUT2D eigenvalue weighted by molar-refractivity contribution is -0.114. The standard InChI is InChI=1S/C23H21IN2O5S/c1-16-8-9-17(23(28)31-2)14-21(16)25-22(27)15-26(19-12-10-18(24)11-13-19)32(29,30)20-6-4-3-5-7-20/h3-14H,15H2,1-2H3,(H,25,27). The Morgan fingerprint density at radius 3 is 2.28 bits per heavy atom. The number of benzene rings is 3. The zero-order chi connectivity index (χ0) is 23.3. The summed E-state index contributed by atoms with van der Waals surface area (Å²) in [6.07, 6.45) is 0. The molecule has 9 heteroatoms. The van der Waals surface area contributed by atoms with Crippen molar-refractivity contribution >= 4 is 55.9 Å². The largest absolute Gasteiger partial charge is 0.465 e. The first-order valence-corrected chi connectivity index (χ1v) is 12.1. The van der Waals surface area contributed by atoms with Crippen LogP contribution in [-0.2, 0) is 19.6 Å². The molecule has 32 heavy (non-hydrogen) atoms. The van der Waals surface area contributed by atoms with E-state index < -0.39 is 28.4 Å². The van der Waals surface area contributed by atoms with Crippen molar-refractivity contribution in [1.82, 2.24) is 0 Å². The van der Waals surface area contributed by atoms with Crippen LogP contribution in [-0.4, -0.2) is 33.9 Å². The van der Waals surface area contributed by atoms with E-state index in [9.17, 15) is 18.0 Å². The zero-order valence-corrected chi connectivity index (χ0v) is 20.4. The number of hydrogen-bond acceptors (Lipinski definition) is 5. The van der Waals surface area contributed by atoms with Crippen molar-refractivity contribution in [2.24, 2.45) is 0 Å². The van der Waals surface area contributed by atoms with Gasteiger partial charge in [-0.25, -0.2) is 13.2 Å². The van der Waals surface area contributed by atoms with Crippen LogP contribution in [0.25, 0.3) is 0 Å². The Bertz CT molecular complexity index is 1230. The van der Waals surface area contributed by atoms with Crippen LogP contribution < -0.4 is 9.62 Å². The highest BCUT2D eigenvalue weighted by atomic mass is 127. The fraction of sp³-hybridized carbons (Fsp3) is 0.130. The molecule has 1 amide bonds. The summed E-state index contributed by atoms with van der Waals surface area (Å²) in [4.78, 5) is 24.8. The number of sulfonamides is 1. The van der Waals surface area contributed by atoms with E-state index in [2.05, 4.69) is 27.9 Å². The second-order valence-electron chi connectivity index (χ2n) is 6.87. The summed E-state index contributed by atoms with van der Waals surface area (Å²) in [5.74, 6) is -1.08. The van der Waals surface area contributed by atoms with E-state index in [0.717, 1.165) is 13.4 Å². The van der Waals surface area contributed by atoms with Gasteiger partial charge in [0.25, 0.3) is 10.0 Å². The van der Waals surface area contributed by atoms with Crippen molar-refractivity contribution < 1.29 is 22.7 Å². The van der Waals surface area contributed by atoms with E-state index in [1.54, 1.807) is 61.5 Å². The van der Waals surface area contributed by atoms with Crippen molar-refractivity contribution in [3.8, 4) is 0 Å². The van der Waals surface area contributed by atoms with E-state index in [1.165, 1.54) is 25.3 Å². The monoisotopic (exact) mass is 564 g/mol. The van der Waals surface area contributed by atoms with Gasteiger partial charge in [-0.15, -0.1) is 0 Å². The number of nitrogens with one attached hydrogen (secondary N) is 1. The first kappa shape index (κ1) is 23.7. The van der Waals surface area contributed by atoms with Crippen LogP contribution in [0.5, 0.6) is 0 Å². The lowest BCUT2D eigenvalue weighted by Gasteiger charge is -2.24. The molecule has 1 N–H and O–H groups in total. The van der Waals surface area contributed by atoms with Gasteiger partial charge in [-0.3, -0.25) is 9.10 Å². The lowest BCUT2D eigenvalue weighted by Crippen LogP contribution is -2.38. The number of methoxy groups -OCH3 is 1. The first-order valence-electron chi connectivity index (χ1n) is 9.54. The van der Waals surface area contributed by atoms with E-state index in [4.69, 9.17) is 4.74 Å². The predicted molar refractivity (Wildman–Crippen MR) is 131 cm³/mol. The molecule has 0 saturated carbocycles. The predicted octanol–water partition coefficient (Wildman–Crippen LogP) is 4.22. The quantitative estimate of drug-likeness (QED) is 0.343. The molecular formula is C23H21IN2O5S. The third kappa shape index (κ3) is 5.46. The van der Waals surface area contributed by atoms with Crippen LogP contribution in [0.3, 0.4) is 0 Å². The Kier molecular flexibility index (Phi) is 7.52. The molecule has 166 valence electrons. The molecule has 0 aromatic heterocycles. The molecule has 0 aliphatic heterocycles. The number of rotatable bonds is 7. The average molecular weight is 564 g/mol. The number of ether oxygens (including phenoxy) is 1. The number of amides is 1. The molecule has 0 aliphatic carbocycles. The maximum atomic E-state index is 13.3. The van der Waals surface area contributed by atoms with Gasteiger partial charge in [0.2, 0.25) is 5.91 Å². The summed E-state index contributed by atoms with van der Waals surface area (Å²) in [7, 11) is -2.72. The van der Waals surface area contributed by atoms with E-state index in [0.29, 0.717) is 11.4 Å². The zero-order valence-electron chi connectivity index (χ0n) is 17.4. The average Bonchev–Trinajstić information content (AvgIpc) is 2.79. The van der Waals surface area contributed by atoms with Gasteiger partial charge in [0.05, 0.1) is 23.3 Å². The van der Waals surface area contributed by atoms with Gasteiger partial charge in [-0.1, -0.05) is 24.3 Å². The first-order chi connectivity index (χ1) is 15.2. The van der Waals surface area contributed by atoms with Crippen LogP contribution in [0.2, 0.25) is 0 Å². The summed E-state index contributed by atoms with van der Waals surface area (Å²) < 4.78 is 33.4. The highest BCUT2D eigenvalue weighted by Gasteiger charge is 2.27. The maximum absolute atomic E-state index is 13.3. The summed E-state index contributed by atoms with van der Waals surface area (Å²) in [6.45, 7) is 1.33. The minimum absolute atomic E-state index is 0.0789. The normalized spacial score (nSPS) is 11.0. The van der Waals surface area contributed by atoms with Crippen LogP contribution >= 0.6 is 22.6 Å². The van der Waals surface area contributed by atoms with Gasteiger partial charge < -0.3 is 10.1 Å². The number of carbonyl (C=O) groups is 2. The lowest BCUT2D eigenvalue weighted by atomic mass is 10.1. The van der Waals surface area contributed by atoms with Crippen LogP contribution in [0.4, 0.5) is 11.4 Å². The minimum atomic E-state index is -3.99. The molecule has 0 radical (unpaired) electrons. The van der Waals surface area contributed by atoms with Gasteiger partial charge >= 0.3 is 5.97 Å². The third-order valence-corrected chi connectivity index (χ3v) is 7.17. The molecule has 0 aliphatic rings. The van der Waals surface area contributed by atoms with Crippen LogP contribution in [0.15, 0.2) is 77.7 Å². The Morgan fingerprint density at radius 2 is 1.66 bits per heavy atom. The third-order valence-electron chi connectivity index (χ3n) is 4.67. The van der Waals surface area contributed by atoms with E-state index in [-0.39, 0.29) is 10.5 Å². The molecule has 3 aromatic carbocycles. The molecule has 0 atom stereocenters. The molecule has 0 fully saturated rings. The fourth-order valence-electron chi connectivity index (χ4n) is 2.96. The maximum Gasteiger partial charge on any atom is 0.337 e. The number of nitrogens with zero attached hydrogens (tertiary/aromatic N) is 1. The Balaban J connectivity index is 1.93. The summed E-state index contributed by atoms with van der Waals surface area (Å²) in [6, 6.07) is 19.6. The number of esters is 1. The summed E-state index contributed by atoms with van der Waals surface area (Å²) in [5, 5.41) is 2.71. The van der Waals surface area contributed by atoms with Crippen LogP contribution in [0.1, 0.15) is 15.9 Å². The Hall–Kier alpha value is -2.92. The molecule has 3 rings (SSSR count). The molecule has 0 spiro atoms. The SMILES string of the molecule is COC(=O)c1ccc(C)c(NC(=O)CN(c2ccc(I)cc2)S(=O)(=O)c2ccccc2)c1. The molecule has 7 nitrogen and oxygen atoms in total. The minimum Gasteiger partial charge on any atom is -0.465 e. The van der Waals surface area contributed by atoms with Crippen molar-refractivity contribution in [1.29, 1.82) is 0 Å². The van der Waals surface area contributed by atoms with Gasteiger partial charge in [-0.05, 0) is 83.6 Å². The molecule has 0 heterocycles. The molecule has 3 aromatic rings. The second kappa shape index (κ2) is 10.1. The summed E-state index contributed by atoms with van der Waals surface area (Å²) >= 11 is 2.12. The van der Waals surface area contributed by atoms with Crippen molar-refractivity contribution in [3.05, 3.63) is 87.5 Å². The molecular weight excluding hydrogens is 543 g/mol. The molecule has 0 unspecified atom stereocenters. The molecule has 0 bridgehead atoms. The van der Waals surface area contributed by atoms with Crippen molar-refractivity contribution in [2.75, 3.05) is 23.3 Å². The van der Waals surface area contributed by atoms with Crippen molar-refractivity contribution in [3.63, 3.8) is 0 Å². The highest BCUT2D eigenvalue weighted by Crippen LogP contribution is 2.25. The van der Waals surface area contributed by atoms with E-state index in [1.807, 2.05) is 0 Å². The van der Waals surface area contributed by atoms with Gasteiger partial charge in [0.15, 0.2) is 0 Å². The number of carbonyl (C=O) groups excluding carboxylic acids is 2. The second-order valence-corrected chi connectivity index (χ2v) is 9.98. The van der Waals surface area contributed by atoms with E-state index >= 15 is 0 Å². The Morgan fingerprint density at radius 1 is 1.00 bits per heavy atom. The van der Waals surface area contributed by atoms with Crippen molar-refractivity contribution in [2.45, 2.75) is 11.8 Å². The fourth-order valence-corrected chi connectivity index (χ4v) is 4.77. The van der Waals surface area contributed by atoms with Gasteiger partial charge in [0, 0.05) is 9.26 Å². The number of aryl methyl sites for hydroxylation is 1. The highest BCUT2D eigenvalue weighted by molar-refractivity contribution is 14.1. The number of anilines is 2. The molecule has 0 saturated heterocycles. The smallest absolute Gasteiger partial charge is 0.337 e.